The molecule has 2 aromatic rings. The second-order valence-corrected chi connectivity index (χ2v) is 5.64. The van der Waals surface area contributed by atoms with Crippen LogP contribution in [0.3, 0.4) is 0 Å². The summed E-state index contributed by atoms with van der Waals surface area (Å²) >= 11 is 0. The Bertz CT molecular complexity index is 811. The van der Waals surface area contributed by atoms with Crippen LogP contribution in [0.15, 0.2) is 41.0 Å². The molecule has 0 saturated carbocycles. The molecular weight excluding hydrogens is 324 g/mol. The third kappa shape index (κ3) is 3.55. The fourth-order valence-corrected chi connectivity index (χ4v) is 2.78. The van der Waals surface area contributed by atoms with E-state index >= 15 is 0 Å². The monoisotopic (exact) mass is 342 g/mol. The van der Waals surface area contributed by atoms with E-state index in [0.29, 0.717) is 12.0 Å². The highest BCUT2D eigenvalue weighted by atomic mass is 16.5. The number of nitrogens with zero attached hydrogens (tertiary/aromatic N) is 1. The molecule has 1 aliphatic heterocycles. The van der Waals surface area contributed by atoms with Gasteiger partial charge in [-0.05, 0) is 17.7 Å². The van der Waals surface area contributed by atoms with Gasteiger partial charge in [-0.2, -0.15) is 0 Å². The van der Waals surface area contributed by atoms with E-state index in [-0.39, 0.29) is 31.2 Å². The van der Waals surface area contributed by atoms with Crippen LogP contribution in [0.5, 0.6) is 0 Å². The summed E-state index contributed by atoms with van der Waals surface area (Å²) in [5.74, 6) is -0.704. The summed E-state index contributed by atoms with van der Waals surface area (Å²) in [6, 6.07) is 9.25. The Morgan fingerprint density at radius 1 is 1.28 bits per heavy atom. The normalized spacial score (nSPS) is 12.8. The van der Waals surface area contributed by atoms with E-state index in [1.54, 1.807) is 11.0 Å². The topological polar surface area (TPSA) is 88.8 Å². The van der Waals surface area contributed by atoms with Gasteiger partial charge < -0.3 is 19.4 Å². The largest absolute Gasteiger partial charge is 0.469 e. The van der Waals surface area contributed by atoms with Gasteiger partial charge in [0.1, 0.15) is 0 Å². The number of carbonyl (C=O) groups excluding carboxylic acids is 3. The lowest BCUT2D eigenvalue weighted by Crippen LogP contribution is -2.29. The molecule has 2 heterocycles. The SMILES string of the molecule is COC(=O)CCNC(=O)c1occc1CN1C(=O)Cc2ccccc21. The zero-order valence-electron chi connectivity index (χ0n) is 13.8. The molecule has 2 amide bonds. The molecule has 0 bridgehead atoms. The van der Waals surface area contributed by atoms with Gasteiger partial charge in [0.2, 0.25) is 5.91 Å². The van der Waals surface area contributed by atoms with Crippen LogP contribution in [-0.4, -0.2) is 31.4 Å². The van der Waals surface area contributed by atoms with Crippen LogP contribution in [-0.2, 0) is 27.3 Å². The summed E-state index contributed by atoms with van der Waals surface area (Å²) < 4.78 is 9.80. The lowest BCUT2D eigenvalue weighted by atomic mass is 10.1. The zero-order chi connectivity index (χ0) is 17.8. The van der Waals surface area contributed by atoms with E-state index in [1.807, 2.05) is 24.3 Å². The first kappa shape index (κ1) is 16.8. The second-order valence-electron chi connectivity index (χ2n) is 5.64. The van der Waals surface area contributed by atoms with E-state index in [1.165, 1.54) is 13.4 Å². The number of benzene rings is 1. The number of hydrogen-bond acceptors (Lipinski definition) is 5. The summed E-state index contributed by atoms with van der Waals surface area (Å²) in [5.41, 5.74) is 2.44. The molecular formula is C18H18N2O5. The van der Waals surface area contributed by atoms with Crippen molar-refractivity contribution in [3.05, 3.63) is 53.5 Å². The van der Waals surface area contributed by atoms with E-state index in [0.717, 1.165) is 11.3 Å². The Balaban J connectivity index is 1.69. The Hall–Kier alpha value is -3.09. The molecule has 0 saturated heterocycles. The number of rotatable bonds is 6. The maximum Gasteiger partial charge on any atom is 0.307 e. The molecule has 3 rings (SSSR count). The Morgan fingerprint density at radius 3 is 2.88 bits per heavy atom. The van der Waals surface area contributed by atoms with Crippen molar-refractivity contribution in [1.29, 1.82) is 0 Å². The van der Waals surface area contributed by atoms with Crippen LogP contribution in [0.1, 0.15) is 28.1 Å². The summed E-state index contributed by atoms with van der Waals surface area (Å²) in [7, 11) is 1.29. The van der Waals surface area contributed by atoms with Crippen LogP contribution >= 0.6 is 0 Å². The number of amides is 2. The molecule has 0 fully saturated rings. The van der Waals surface area contributed by atoms with Crippen LogP contribution in [0, 0.1) is 0 Å². The van der Waals surface area contributed by atoms with Gasteiger partial charge >= 0.3 is 5.97 Å². The quantitative estimate of drug-likeness (QED) is 0.807. The highest BCUT2D eigenvalue weighted by Crippen LogP contribution is 2.30. The molecule has 130 valence electrons. The minimum absolute atomic E-state index is 0.0144. The molecule has 0 aliphatic carbocycles. The number of para-hydroxylation sites is 1. The van der Waals surface area contributed by atoms with E-state index in [2.05, 4.69) is 10.1 Å². The highest BCUT2D eigenvalue weighted by molar-refractivity contribution is 6.01. The molecule has 0 spiro atoms. The molecule has 1 aromatic carbocycles. The minimum atomic E-state index is -0.427. The fraction of sp³-hybridized carbons (Fsp3) is 0.278. The number of hydrogen-bond donors (Lipinski definition) is 1. The van der Waals surface area contributed by atoms with Crippen molar-refractivity contribution in [3.8, 4) is 0 Å². The van der Waals surface area contributed by atoms with Crippen molar-refractivity contribution in [2.24, 2.45) is 0 Å². The summed E-state index contributed by atoms with van der Waals surface area (Å²) in [6.45, 7) is 0.406. The number of furan rings is 1. The molecule has 7 nitrogen and oxygen atoms in total. The van der Waals surface area contributed by atoms with Crippen molar-refractivity contribution in [1.82, 2.24) is 5.32 Å². The van der Waals surface area contributed by atoms with Crippen LogP contribution < -0.4 is 10.2 Å². The van der Waals surface area contributed by atoms with Gasteiger partial charge in [0.25, 0.3) is 5.91 Å². The molecule has 1 aromatic heterocycles. The Morgan fingerprint density at radius 2 is 2.08 bits per heavy atom. The van der Waals surface area contributed by atoms with E-state index in [9.17, 15) is 14.4 Å². The van der Waals surface area contributed by atoms with Gasteiger partial charge in [-0.3, -0.25) is 14.4 Å². The summed E-state index contributed by atoms with van der Waals surface area (Å²) in [6.07, 6.45) is 1.85. The average Bonchev–Trinajstić information content (AvgIpc) is 3.20. The molecule has 25 heavy (non-hydrogen) atoms. The summed E-state index contributed by atoms with van der Waals surface area (Å²) in [5, 5.41) is 2.61. The standard InChI is InChI=1S/C18H18N2O5/c1-24-16(22)6-8-19-18(23)17-13(7-9-25-17)11-20-14-5-3-2-4-12(14)10-15(20)21/h2-5,7,9H,6,8,10-11H2,1H3,(H,19,23). The van der Waals surface area contributed by atoms with Crippen molar-refractivity contribution in [2.75, 3.05) is 18.6 Å². The van der Waals surface area contributed by atoms with Crippen molar-refractivity contribution in [2.45, 2.75) is 19.4 Å². The second kappa shape index (κ2) is 7.21. The number of carbonyl (C=O) groups is 3. The average molecular weight is 342 g/mol. The molecule has 0 unspecified atom stereocenters. The molecule has 1 aliphatic rings. The number of ether oxygens (including phenoxy) is 1. The van der Waals surface area contributed by atoms with E-state index < -0.39 is 11.9 Å². The van der Waals surface area contributed by atoms with Gasteiger partial charge in [0.05, 0.1) is 32.8 Å². The maximum atomic E-state index is 12.3. The molecule has 1 N–H and O–H groups in total. The van der Waals surface area contributed by atoms with E-state index in [4.69, 9.17) is 4.42 Å². The van der Waals surface area contributed by atoms with Gasteiger partial charge in [0, 0.05) is 17.8 Å². The van der Waals surface area contributed by atoms with Gasteiger partial charge in [-0.1, -0.05) is 18.2 Å². The first-order valence-corrected chi connectivity index (χ1v) is 7.90. The Labute approximate surface area is 144 Å². The third-order valence-corrected chi connectivity index (χ3v) is 4.05. The number of nitrogens with one attached hydrogen (secondary N) is 1. The van der Waals surface area contributed by atoms with Gasteiger partial charge in [-0.25, -0.2) is 0 Å². The number of esters is 1. The van der Waals surface area contributed by atoms with Gasteiger partial charge in [0.15, 0.2) is 5.76 Å². The maximum absolute atomic E-state index is 12.3. The predicted octanol–water partition coefficient (Wildman–Crippen LogP) is 1.66. The fourth-order valence-electron chi connectivity index (χ4n) is 2.78. The number of methoxy groups -OCH3 is 1. The first-order valence-electron chi connectivity index (χ1n) is 7.90. The number of anilines is 1. The third-order valence-electron chi connectivity index (χ3n) is 4.05. The number of fused-ring (bicyclic) bond motifs is 1. The Kier molecular flexibility index (Phi) is 4.83. The lowest BCUT2D eigenvalue weighted by molar-refractivity contribution is -0.140. The summed E-state index contributed by atoms with van der Waals surface area (Å²) in [4.78, 5) is 37.2. The van der Waals surface area contributed by atoms with Gasteiger partial charge in [-0.15, -0.1) is 0 Å². The minimum Gasteiger partial charge on any atom is -0.469 e. The van der Waals surface area contributed by atoms with Crippen LogP contribution in [0.25, 0.3) is 0 Å². The molecule has 7 heteroatoms. The van der Waals surface area contributed by atoms with Crippen LogP contribution in [0.2, 0.25) is 0 Å². The van der Waals surface area contributed by atoms with Crippen LogP contribution in [0.4, 0.5) is 5.69 Å². The smallest absolute Gasteiger partial charge is 0.307 e. The highest BCUT2D eigenvalue weighted by Gasteiger charge is 2.28. The van der Waals surface area contributed by atoms with Crippen molar-refractivity contribution < 1.29 is 23.5 Å². The predicted molar refractivity (Wildman–Crippen MR) is 89.0 cm³/mol. The lowest BCUT2D eigenvalue weighted by Gasteiger charge is -2.17. The zero-order valence-corrected chi connectivity index (χ0v) is 13.8. The van der Waals surface area contributed by atoms with Crippen molar-refractivity contribution >= 4 is 23.5 Å². The first-order chi connectivity index (χ1) is 12.1. The molecule has 0 radical (unpaired) electrons. The van der Waals surface area contributed by atoms with Crippen molar-refractivity contribution in [3.63, 3.8) is 0 Å². The molecule has 0 atom stereocenters.